The molecule has 128 valence electrons. The molecule has 0 aliphatic carbocycles. The minimum Gasteiger partial charge on any atom is -0.480 e. The first kappa shape index (κ1) is 19.5. The summed E-state index contributed by atoms with van der Waals surface area (Å²) in [5, 5.41) is 11.2. The van der Waals surface area contributed by atoms with Gasteiger partial charge in [-0.15, -0.1) is 11.8 Å². The second kappa shape index (κ2) is 10.3. The standard InChI is InChI=1S/C17H25NO4S/c1-12(2)8-10-22-11-9-18-16(19)14-6-4-5-7-15(14)23-13(3)17(20)21/h4-7,12-13H,8-11H2,1-3H3,(H,18,19)(H,20,21). The molecule has 1 aromatic carbocycles. The fourth-order valence-corrected chi connectivity index (χ4v) is 2.68. The van der Waals surface area contributed by atoms with Crippen LogP contribution in [-0.4, -0.2) is 42.0 Å². The van der Waals surface area contributed by atoms with Crippen LogP contribution in [0, 0.1) is 5.92 Å². The van der Waals surface area contributed by atoms with Crippen molar-refractivity contribution in [2.24, 2.45) is 5.92 Å². The van der Waals surface area contributed by atoms with Gasteiger partial charge in [0.1, 0.15) is 5.25 Å². The lowest BCUT2D eigenvalue weighted by Gasteiger charge is -2.12. The molecule has 0 aliphatic heterocycles. The van der Waals surface area contributed by atoms with Gasteiger partial charge in [-0.2, -0.15) is 0 Å². The summed E-state index contributed by atoms with van der Waals surface area (Å²) in [5.41, 5.74) is 0.493. The Hall–Kier alpha value is -1.53. The van der Waals surface area contributed by atoms with E-state index in [0.717, 1.165) is 6.42 Å². The van der Waals surface area contributed by atoms with Crippen molar-refractivity contribution in [1.29, 1.82) is 0 Å². The van der Waals surface area contributed by atoms with Crippen LogP contribution in [0.1, 0.15) is 37.6 Å². The third kappa shape index (κ3) is 7.52. The molecule has 0 saturated carbocycles. The Labute approximate surface area is 141 Å². The molecule has 0 heterocycles. The summed E-state index contributed by atoms with van der Waals surface area (Å²) >= 11 is 1.17. The lowest BCUT2D eigenvalue weighted by molar-refractivity contribution is -0.136. The SMILES string of the molecule is CC(C)CCOCCNC(=O)c1ccccc1SC(C)C(=O)O. The molecule has 5 nitrogen and oxygen atoms in total. The zero-order chi connectivity index (χ0) is 17.2. The van der Waals surface area contributed by atoms with Gasteiger partial charge < -0.3 is 15.2 Å². The van der Waals surface area contributed by atoms with E-state index in [2.05, 4.69) is 19.2 Å². The summed E-state index contributed by atoms with van der Waals surface area (Å²) in [6.45, 7) is 7.47. The summed E-state index contributed by atoms with van der Waals surface area (Å²) in [5.74, 6) is -0.508. The van der Waals surface area contributed by atoms with E-state index in [-0.39, 0.29) is 5.91 Å². The summed E-state index contributed by atoms with van der Waals surface area (Å²) in [4.78, 5) is 23.9. The Morgan fingerprint density at radius 3 is 2.57 bits per heavy atom. The Bertz CT molecular complexity index is 519. The van der Waals surface area contributed by atoms with Crippen LogP contribution in [0.4, 0.5) is 0 Å². The van der Waals surface area contributed by atoms with Crippen molar-refractivity contribution < 1.29 is 19.4 Å². The average molecular weight is 339 g/mol. The van der Waals surface area contributed by atoms with Gasteiger partial charge in [0.05, 0.1) is 12.2 Å². The molecule has 6 heteroatoms. The summed E-state index contributed by atoms with van der Waals surface area (Å²) in [6, 6.07) is 7.02. The first-order chi connectivity index (χ1) is 10.9. The molecule has 0 bridgehead atoms. The molecular weight excluding hydrogens is 314 g/mol. The number of benzene rings is 1. The number of hydrogen-bond donors (Lipinski definition) is 2. The average Bonchev–Trinajstić information content (AvgIpc) is 2.50. The maximum Gasteiger partial charge on any atom is 0.316 e. The van der Waals surface area contributed by atoms with Gasteiger partial charge in [-0.1, -0.05) is 26.0 Å². The predicted octanol–water partition coefficient (Wildman–Crippen LogP) is 3.04. The van der Waals surface area contributed by atoms with E-state index in [1.165, 1.54) is 11.8 Å². The number of carboxylic acid groups (broad SMARTS) is 1. The van der Waals surface area contributed by atoms with Gasteiger partial charge in [0.2, 0.25) is 0 Å². The predicted molar refractivity (Wildman–Crippen MR) is 92.0 cm³/mol. The highest BCUT2D eigenvalue weighted by Gasteiger charge is 2.17. The second-order valence-electron chi connectivity index (χ2n) is 5.65. The molecule has 0 fully saturated rings. The van der Waals surface area contributed by atoms with Crippen molar-refractivity contribution in [3.05, 3.63) is 29.8 Å². The van der Waals surface area contributed by atoms with Crippen molar-refractivity contribution >= 4 is 23.6 Å². The number of carbonyl (C=O) groups excluding carboxylic acids is 1. The van der Waals surface area contributed by atoms with Crippen molar-refractivity contribution in [1.82, 2.24) is 5.32 Å². The molecule has 0 aromatic heterocycles. The van der Waals surface area contributed by atoms with Crippen LogP contribution in [0.2, 0.25) is 0 Å². The van der Waals surface area contributed by atoms with Crippen molar-refractivity contribution in [2.45, 2.75) is 37.3 Å². The van der Waals surface area contributed by atoms with Crippen LogP contribution >= 0.6 is 11.8 Å². The molecule has 2 N–H and O–H groups in total. The monoisotopic (exact) mass is 339 g/mol. The lowest BCUT2D eigenvalue weighted by Crippen LogP contribution is -2.28. The third-order valence-electron chi connectivity index (χ3n) is 3.15. The minimum absolute atomic E-state index is 0.210. The topological polar surface area (TPSA) is 75.6 Å². The minimum atomic E-state index is -0.899. The van der Waals surface area contributed by atoms with Crippen LogP contribution in [0.5, 0.6) is 0 Å². The van der Waals surface area contributed by atoms with Gasteiger partial charge >= 0.3 is 5.97 Å². The maximum absolute atomic E-state index is 12.2. The number of aliphatic carboxylic acids is 1. The number of thioether (sulfide) groups is 1. The summed E-state index contributed by atoms with van der Waals surface area (Å²) in [6.07, 6.45) is 1.00. The molecule has 1 aromatic rings. The van der Waals surface area contributed by atoms with Gasteiger partial charge in [-0.05, 0) is 31.4 Å². The number of amides is 1. The van der Waals surface area contributed by atoms with E-state index in [0.29, 0.717) is 36.1 Å². The molecule has 0 saturated heterocycles. The van der Waals surface area contributed by atoms with Crippen LogP contribution in [-0.2, 0) is 9.53 Å². The number of rotatable bonds is 10. The van der Waals surface area contributed by atoms with Crippen LogP contribution < -0.4 is 5.32 Å². The molecule has 0 spiro atoms. The molecule has 1 rings (SSSR count). The highest BCUT2D eigenvalue weighted by Crippen LogP contribution is 2.26. The van der Waals surface area contributed by atoms with Gasteiger partial charge in [0.15, 0.2) is 0 Å². The molecule has 1 atom stereocenters. The Balaban J connectivity index is 2.48. The molecule has 0 radical (unpaired) electrons. The lowest BCUT2D eigenvalue weighted by atomic mass is 10.1. The number of nitrogens with one attached hydrogen (secondary N) is 1. The van der Waals surface area contributed by atoms with Crippen LogP contribution in [0.25, 0.3) is 0 Å². The zero-order valence-electron chi connectivity index (χ0n) is 13.9. The van der Waals surface area contributed by atoms with E-state index in [1.54, 1.807) is 31.2 Å². The quantitative estimate of drug-likeness (QED) is 0.506. The van der Waals surface area contributed by atoms with E-state index >= 15 is 0 Å². The van der Waals surface area contributed by atoms with Crippen LogP contribution in [0.3, 0.4) is 0 Å². The van der Waals surface area contributed by atoms with Crippen molar-refractivity contribution in [3.8, 4) is 0 Å². The summed E-state index contributed by atoms with van der Waals surface area (Å²) < 4.78 is 5.46. The van der Waals surface area contributed by atoms with E-state index in [1.807, 2.05) is 0 Å². The molecule has 1 unspecified atom stereocenters. The third-order valence-corrected chi connectivity index (χ3v) is 4.32. The maximum atomic E-state index is 12.2. The molecule has 23 heavy (non-hydrogen) atoms. The Morgan fingerprint density at radius 2 is 1.91 bits per heavy atom. The molecule has 1 amide bonds. The number of carboxylic acids is 1. The highest BCUT2D eigenvalue weighted by atomic mass is 32.2. The normalized spacial score (nSPS) is 12.2. The van der Waals surface area contributed by atoms with Crippen molar-refractivity contribution in [2.75, 3.05) is 19.8 Å². The Morgan fingerprint density at radius 1 is 1.22 bits per heavy atom. The number of carbonyl (C=O) groups is 2. The van der Waals surface area contributed by atoms with Crippen LogP contribution in [0.15, 0.2) is 29.2 Å². The fraction of sp³-hybridized carbons (Fsp3) is 0.529. The van der Waals surface area contributed by atoms with E-state index in [4.69, 9.17) is 9.84 Å². The number of ether oxygens (including phenoxy) is 1. The first-order valence-corrected chi connectivity index (χ1v) is 8.64. The molecule has 0 aliphatic rings. The second-order valence-corrected chi connectivity index (χ2v) is 7.03. The van der Waals surface area contributed by atoms with E-state index in [9.17, 15) is 9.59 Å². The Kier molecular flexibility index (Phi) is 8.73. The smallest absolute Gasteiger partial charge is 0.316 e. The summed E-state index contributed by atoms with van der Waals surface area (Å²) in [7, 11) is 0. The molecular formula is C17H25NO4S. The largest absolute Gasteiger partial charge is 0.480 e. The highest BCUT2D eigenvalue weighted by molar-refractivity contribution is 8.00. The number of hydrogen-bond acceptors (Lipinski definition) is 4. The van der Waals surface area contributed by atoms with Gasteiger partial charge in [0, 0.05) is 18.0 Å². The first-order valence-electron chi connectivity index (χ1n) is 7.76. The fourth-order valence-electron chi connectivity index (χ4n) is 1.75. The van der Waals surface area contributed by atoms with E-state index < -0.39 is 11.2 Å². The van der Waals surface area contributed by atoms with Gasteiger partial charge in [-0.3, -0.25) is 9.59 Å². The zero-order valence-corrected chi connectivity index (χ0v) is 14.7. The van der Waals surface area contributed by atoms with Crippen molar-refractivity contribution in [3.63, 3.8) is 0 Å². The van der Waals surface area contributed by atoms with Gasteiger partial charge in [-0.25, -0.2) is 0 Å². The van der Waals surface area contributed by atoms with Gasteiger partial charge in [0.25, 0.3) is 5.91 Å².